The van der Waals surface area contributed by atoms with Crippen molar-refractivity contribution in [3.05, 3.63) is 23.8 Å². The van der Waals surface area contributed by atoms with Crippen LogP contribution in [0.15, 0.2) is 23.3 Å². The number of aromatic hydroxyl groups is 1. The summed E-state index contributed by atoms with van der Waals surface area (Å²) >= 11 is 0. The number of hydrogen-bond acceptors (Lipinski definition) is 6. The Morgan fingerprint density at radius 3 is 2.70 bits per heavy atom. The van der Waals surface area contributed by atoms with Gasteiger partial charge in [0.05, 0.1) is 25.6 Å². The summed E-state index contributed by atoms with van der Waals surface area (Å²) in [6, 6.07) is 4.80. The molecule has 1 aliphatic rings. The fourth-order valence-electron chi connectivity index (χ4n) is 3.15. The van der Waals surface area contributed by atoms with Crippen molar-refractivity contribution >= 4 is 22.1 Å². The summed E-state index contributed by atoms with van der Waals surface area (Å²) in [4.78, 5) is 12.2. The van der Waals surface area contributed by atoms with Gasteiger partial charge in [-0.05, 0) is 31.9 Å². The van der Waals surface area contributed by atoms with Crippen molar-refractivity contribution in [3.8, 4) is 11.5 Å². The zero-order valence-corrected chi connectivity index (χ0v) is 16.5. The summed E-state index contributed by atoms with van der Waals surface area (Å²) in [5.41, 5.74) is 2.71. The van der Waals surface area contributed by atoms with E-state index in [1.165, 1.54) is 10.5 Å². The van der Waals surface area contributed by atoms with Gasteiger partial charge in [0.15, 0.2) is 11.5 Å². The Balaban J connectivity index is 1.99. The van der Waals surface area contributed by atoms with E-state index in [1.54, 1.807) is 25.1 Å². The van der Waals surface area contributed by atoms with E-state index in [0.29, 0.717) is 17.9 Å². The second-order valence-electron chi connectivity index (χ2n) is 6.52. The zero-order valence-electron chi connectivity index (χ0n) is 15.7. The first kappa shape index (κ1) is 21.2. The molecule has 1 aromatic rings. The largest absolute Gasteiger partial charge is 0.504 e. The monoisotopic (exact) mass is 397 g/mol. The lowest BCUT2D eigenvalue weighted by molar-refractivity contribution is -0.121. The van der Waals surface area contributed by atoms with Crippen LogP contribution in [0.25, 0.3) is 0 Å². The van der Waals surface area contributed by atoms with E-state index in [4.69, 9.17) is 4.74 Å². The average Bonchev–Trinajstić information content (AvgIpc) is 2.63. The first-order valence-electron chi connectivity index (χ1n) is 9.06. The third kappa shape index (κ3) is 6.21. The average molecular weight is 397 g/mol. The molecule has 2 N–H and O–H groups in total. The molecule has 0 atom stereocenters. The van der Waals surface area contributed by atoms with Gasteiger partial charge in [0, 0.05) is 11.6 Å². The molecule has 9 heteroatoms. The number of hydrogen-bond donors (Lipinski definition) is 2. The number of para-hydroxylation sites is 1. The smallest absolute Gasteiger partial charge is 0.255 e. The number of carbonyl (C=O) groups is 1. The number of carbonyl (C=O) groups excluding carboxylic acids is 1. The van der Waals surface area contributed by atoms with Crippen molar-refractivity contribution in [2.24, 2.45) is 5.10 Å². The Morgan fingerprint density at radius 2 is 2.07 bits per heavy atom. The van der Waals surface area contributed by atoms with Crippen LogP contribution >= 0.6 is 0 Å². The molecule has 1 aromatic carbocycles. The number of ether oxygens (including phenoxy) is 1. The molecule has 0 saturated heterocycles. The molecule has 150 valence electrons. The number of hydrazone groups is 1. The van der Waals surface area contributed by atoms with Crippen molar-refractivity contribution in [1.82, 2.24) is 9.73 Å². The van der Waals surface area contributed by atoms with E-state index in [0.717, 1.165) is 38.4 Å². The first-order valence-corrected chi connectivity index (χ1v) is 10.9. The predicted molar refractivity (Wildman–Crippen MR) is 103 cm³/mol. The molecule has 0 bridgehead atoms. The van der Waals surface area contributed by atoms with E-state index < -0.39 is 15.9 Å². The number of benzene rings is 1. The van der Waals surface area contributed by atoms with Gasteiger partial charge in [0.2, 0.25) is 10.0 Å². The number of phenols is 1. The lowest BCUT2D eigenvalue weighted by atomic mass is 9.95. The standard InChI is InChI=1S/C18H27N3O5S/c1-3-26-16-11-7-8-14(18(16)23)12-19-20-17(22)13-21(27(2,24)25)15-9-5-4-6-10-15/h7-8,11-12,15,23H,3-6,9-10,13H2,1-2H3,(H,20,22). The van der Waals surface area contributed by atoms with Crippen molar-refractivity contribution < 1.29 is 23.1 Å². The van der Waals surface area contributed by atoms with E-state index in [2.05, 4.69) is 10.5 Å². The molecule has 0 radical (unpaired) electrons. The summed E-state index contributed by atoms with van der Waals surface area (Å²) in [6.07, 6.45) is 6.96. The Hall–Kier alpha value is -2.13. The fourth-order valence-corrected chi connectivity index (χ4v) is 4.26. The van der Waals surface area contributed by atoms with E-state index in [1.807, 2.05) is 0 Å². The highest BCUT2D eigenvalue weighted by atomic mass is 32.2. The highest BCUT2D eigenvalue weighted by Gasteiger charge is 2.29. The number of rotatable bonds is 8. The lowest BCUT2D eigenvalue weighted by Gasteiger charge is -2.31. The van der Waals surface area contributed by atoms with Gasteiger partial charge in [-0.15, -0.1) is 0 Å². The first-order chi connectivity index (χ1) is 12.8. The van der Waals surface area contributed by atoms with Crippen LogP contribution in [0.5, 0.6) is 11.5 Å². The van der Waals surface area contributed by atoms with Crippen LogP contribution in [-0.2, 0) is 14.8 Å². The molecule has 1 aliphatic carbocycles. The molecule has 0 aromatic heterocycles. The molecule has 0 heterocycles. The summed E-state index contributed by atoms with van der Waals surface area (Å²) < 4.78 is 30.7. The topological polar surface area (TPSA) is 108 Å². The van der Waals surface area contributed by atoms with E-state index in [9.17, 15) is 18.3 Å². The molecular weight excluding hydrogens is 370 g/mol. The van der Waals surface area contributed by atoms with Gasteiger partial charge in [0.1, 0.15) is 0 Å². The van der Waals surface area contributed by atoms with Crippen LogP contribution in [-0.4, -0.2) is 55.4 Å². The van der Waals surface area contributed by atoms with Crippen LogP contribution in [0.4, 0.5) is 0 Å². The van der Waals surface area contributed by atoms with Gasteiger partial charge in [0.25, 0.3) is 5.91 Å². The molecule has 1 fully saturated rings. The maximum absolute atomic E-state index is 12.2. The number of sulfonamides is 1. The summed E-state index contributed by atoms with van der Waals surface area (Å²) in [6.45, 7) is 1.94. The van der Waals surface area contributed by atoms with Crippen molar-refractivity contribution in [2.75, 3.05) is 19.4 Å². The SMILES string of the molecule is CCOc1cccc(C=NNC(=O)CN(C2CCCCC2)S(C)(=O)=O)c1O. The summed E-state index contributed by atoms with van der Waals surface area (Å²) in [5, 5.41) is 13.9. The Bertz CT molecular complexity index is 773. The molecule has 27 heavy (non-hydrogen) atoms. The minimum Gasteiger partial charge on any atom is -0.504 e. The highest BCUT2D eigenvalue weighted by molar-refractivity contribution is 7.88. The van der Waals surface area contributed by atoms with Gasteiger partial charge in [-0.1, -0.05) is 25.3 Å². The summed E-state index contributed by atoms with van der Waals surface area (Å²) in [5.74, 6) is -0.270. The van der Waals surface area contributed by atoms with Crippen LogP contribution in [0.1, 0.15) is 44.6 Å². The van der Waals surface area contributed by atoms with Gasteiger partial charge < -0.3 is 9.84 Å². The molecular formula is C18H27N3O5S. The number of phenolic OH excluding ortho intramolecular Hbond substituents is 1. The van der Waals surface area contributed by atoms with Crippen LogP contribution in [0.3, 0.4) is 0 Å². The summed E-state index contributed by atoms with van der Waals surface area (Å²) in [7, 11) is -3.49. The van der Waals surface area contributed by atoms with Crippen LogP contribution in [0, 0.1) is 0 Å². The third-order valence-electron chi connectivity index (χ3n) is 4.43. The highest BCUT2D eigenvalue weighted by Crippen LogP contribution is 2.28. The van der Waals surface area contributed by atoms with Crippen molar-refractivity contribution in [3.63, 3.8) is 0 Å². The van der Waals surface area contributed by atoms with Crippen molar-refractivity contribution in [2.45, 2.75) is 45.1 Å². The van der Waals surface area contributed by atoms with E-state index in [-0.39, 0.29) is 18.3 Å². The van der Waals surface area contributed by atoms with Gasteiger partial charge >= 0.3 is 0 Å². The normalized spacial score (nSPS) is 16.0. The maximum Gasteiger partial charge on any atom is 0.255 e. The molecule has 0 spiro atoms. The Morgan fingerprint density at radius 1 is 1.37 bits per heavy atom. The second-order valence-corrected chi connectivity index (χ2v) is 8.46. The minimum atomic E-state index is -3.49. The van der Waals surface area contributed by atoms with Gasteiger partial charge in [-0.3, -0.25) is 4.79 Å². The molecule has 0 unspecified atom stereocenters. The molecule has 1 amide bonds. The quantitative estimate of drug-likeness (QED) is 0.514. The van der Waals surface area contributed by atoms with Crippen LogP contribution < -0.4 is 10.2 Å². The number of nitrogens with zero attached hydrogens (tertiary/aromatic N) is 2. The number of nitrogens with one attached hydrogen (secondary N) is 1. The van der Waals surface area contributed by atoms with E-state index >= 15 is 0 Å². The predicted octanol–water partition coefficient (Wildman–Crippen LogP) is 1.84. The Labute approximate surface area is 160 Å². The van der Waals surface area contributed by atoms with Gasteiger partial charge in [-0.2, -0.15) is 9.41 Å². The zero-order chi connectivity index (χ0) is 19.9. The minimum absolute atomic E-state index is 0.0719. The number of amides is 1. The molecule has 2 rings (SSSR count). The second kappa shape index (κ2) is 9.70. The third-order valence-corrected chi connectivity index (χ3v) is 5.71. The molecule has 0 aliphatic heterocycles. The lowest BCUT2D eigenvalue weighted by Crippen LogP contribution is -2.45. The fraction of sp³-hybridized carbons (Fsp3) is 0.556. The maximum atomic E-state index is 12.2. The molecule has 8 nitrogen and oxygen atoms in total. The van der Waals surface area contributed by atoms with Gasteiger partial charge in [-0.25, -0.2) is 13.8 Å². The van der Waals surface area contributed by atoms with Crippen LogP contribution in [0.2, 0.25) is 0 Å². The molecule has 1 saturated carbocycles. The van der Waals surface area contributed by atoms with Crippen molar-refractivity contribution in [1.29, 1.82) is 0 Å². The Kier molecular flexibility index (Phi) is 7.61.